The van der Waals surface area contributed by atoms with E-state index < -0.39 is 0 Å². The molecule has 0 unspecified atom stereocenters. The molecule has 1 N–H and O–H groups in total. The summed E-state index contributed by atoms with van der Waals surface area (Å²) >= 11 is 2.10. The van der Waals surface area contributed by atoms with Crippen LogP contribution in [0.1, 0.15) is 39.0 Å². The van der Waals surface area contributed by atoms with E-state index in [0.717, 1.165) is 44.7 Å². The summed E-state index contributed by atoms with van der Waals surface area (Å²) in [6.45, 7) is 8.37. The summed E-state index contributed by atoms with van der Waals surface area (Å²) in [7, 11) is 0. The number of hydrogen-bond acceptors (Lipinski definition) is 3. The molecule has 3 aliphatic rings. The summed E-state index contributed by atoms with van der Waals surface area (Å²) in [5.41, 5.74) is 0.496. The predicted octanol–water partition coefficient (Wildman–Crippen LogP) is 2.60. The van der Waals surface area contributed by atoms with Crippen LogP contribution in [0.5, 0.6) is 0 Å². The van der Waals surface area contributed by atoms with Crippen LogP contribution in [-0.4, -0.2) is 61.8 Å². The van der Waals surface area contributed by atoms with Gasteiger partial charge in [-0.3, -0.25) is 4.99 Å². The van der Waals surface area contributed by atoms with Crippen molar-refractivity contribution in [3.05, 3.63) is 0 Å². The SMILES string of the molecule is CCNC(=NCC1CCSCC1)N1CCC2(CCOCC2)C1. The first-order valence-electron chi connectivity index (χ1n) is 9.00. The third kappa shape index (κ3) is 4.10. The number of aliphatic imine (C=N–C) groups is 1. The number of nitrogens with one attached hydrogen (secondary N) is 1. The summed E-state index contributed by atoms with van der Waals surface area (Å²) in [4.78, 5) is 7.49. The average molecular weight is 326 g/mol. The zero-order chi connectivity index (χ0) is 15.3. The molecule has 1 spiro atoms. The van der Waals surface area contributed by atoms with Gasteiger partial charge in [-0.25, -0.2) is 0 Å². The second kappa shape index (κ2) is 7.91. The first-order chi connectivity index (χ1) is 10.8. The molecule has 0 aliphatic carbocycles. The van der Waals surface area contributed by atoms with E-state index in [1.165, 1.54) is 50.2 Å². The van der Waals surface area contributed by atoms with Gasteiger partial charge in [-0.2, -0.15) is 11.8 Å². The van der Waals surface area contributed by atoms with Crippen molar-refractivity contribution in [2.75, 3.05) is 50.9 Å². The highest BCUT2D eigenvalue weighted by Gasteiger charge is 2.40. The number of hydrogen-bond donors (Lipinski definition) is 1. The largest absolute Gasteiger partial charge is 0.381 e. The van der Waals surface area contributed by atoms with Crippen molar-refractivity contribution >= 4 is 17.7 Å². The minimum absolute atomic E-state index is 0.496. The fourth-order valence-corrected chi connectivity index (χ4v) is 5.10. The molecule has 0 bridgehead atoms. The fraction of sp³-hybridized carbons (Fsp3) is 0.941. The van der Waals surface area contributed by atoms with Crippen molar-refractivity contribution in [1.29, 1.82) is 0 Å². The van der Waals surface area contributed by atoms with Crippen molar-refractivity contribution in [3.8, 4) is 0 Å². The zero-order valence-electron chi connectivity index (χ0n) is 14.0. The second-order valence-electron chi connectivity index (χ2n) is 7.03. The summed E-state index contributed by atoms with van der Waals surface area (Å²) in [6, 6.07) is 0. The van der Waals surface area contributed by atoms with Gasteiger partial charge in [-0.05, 0) is 61.9 Å². The highest BCUT2D eigenvalue weighted by molar-refractivity contribution is 7.99. The average Bonchev–Trinajstić information content (AvgIpc) is 2.96. The maximum absolute atomic E-state index is 5.56. The van der Waals surface area contributed by atoms with Crippen LogP contribution in [0, 0.1) is 11.3 Å². The Hall–Kier alpha value is -0.420. The van der Waals surface area contributed by atoms with E-state index in [4.69, 9.17) is 9.73 Å². The van der Waals surface area contributed by atoms with Crippen molar-refractivity contribution in [2.24, 2.45) is 16.3 Å². The Morgan fingerprint density at radius 2 is 2.05 bits per heavy atom. The maximum Gasteiger partial charge on any atom is 0.193 e. The molecule has 0 saturated carbocycles. The van der Waals surface area contributed by atoms with Gasteiger partial charge < -0.3 is 15.0 Å². The normalized spacial score (nSPS) is 26.6. The molecule has 3 rings (SSSR count). The third-order valence-electron chi connectivity index (χ3n) is 5.47. The van der Waals surface area contributed by atoms with E-state index in [9.17, 15) is 0 Å². The predicted molar refractivity (Wildman–Crippen MR) is 94.7 cm³/mol. The van der Waals surface area contributed by atoms with Crippen LogP contribution >= 0.6 is 11.8 Å². The molecule has 5 heteroatoms. The highest BCUT2D eigenvalue weighted by atomic mass is 32.2. The first-order valence-corrected chi connectivity index (χ1v) is 10.2. The van der Waals surface area contributed by atoms with E-state index in [2.05, 4.69) is 28.9 Å². The zero-order valence-corrected chi connectivity index (χ0v) is 14.8. The molecule has 0 aromatic carbocycles. The molecule has 0 aromatic heterocycles. The van der Waals surface area contributed by atoms with E-state index >= 15 is 0 Å². The Labute approximate surface area is 139 Å². The second-order valence-corrected chi connectivity index (χ2v) is 8.26. The van der Waals surface area contributed by atoms with Crippen LogP contribution in [0.25, 0.3) is 0 Å². The van der Waals surface area contributed by atoms with Crippen LogP contribution < -0.4 is 5.32 Å². The Kier molecular flexibility index (Phi) is 5.91. The van der Waals surface area contributed by atoms with Crippen LogP contribution in [-0.2, 0) is 4.74 Å². The molecule has 3 saturated heterocycles. The lowest BCUT2D eigenvalue weighted by atomic mass is 9.80. The Morgan fingerprint density at radius 3 is 2.77 bits per heavy atom. The Morgan fingerprint density at radius 1 is 1.27 bits per heavy atom. The number of ether oxygens (including phenoxy) is 1. The number of guanidine groups is 1. The molecule has 4 nitrogen and oxygen atoms in total. The van der Waals surface area contributed by atoms with Gasteiger partial charge >= 0.3 is 0 Å². The summed E-state index contributed by atoms with van der Waals surface area (Å²) in [6.07, 6.45) is 6.44. The molecule has 3 heterocycles. The van der Waals surface area contributed by atoms with E-state index in [1.807, 2.05) is 0 Å². The monoisotopic (exact) mass is 325 g/mol. The third-order valence-corrected chi connectivity index (χ3v) is 6.52. The van der Waals surface area contributed by atoms with Gasteiger partial charge in [0.25, 0.3) is 0 Å². The number of thioether (sulfide) groups is 1. The standard InChI is InChI=1S/C17H31N3OS/c1-2-18-16(19-13-15-3-11-22-12-4-15)20-8-5-17(14-20)6-9-21-10-7-17/h15H,2-14H2,1H3,(H,18,19). The highest BCUT2D eigenvalue weighted by Crippen LogP contribution is 2.39. The number of rotatable bonds is 3. The van der Waals surface area contributed by atoms with Crippen LogP contribution in [0.4, 0.5) is 0 Å². The lowest BCUT2D eigenvalue weighted by Crippen LogP contribution is -2.42. The molecular formula is C17H31N3OS. The van der Waals surface area contributed by atoms with Crippen molar-refractivity contribution < 1.29 is 4.74 Å². The van der Waals surface area contributed by atoms with Crippen LogP contribution in [0.15, 0.2) is 4.99 Å². The number of nitrogens with zero attached hydrogens (tertiary/aromatic N) is 2. The van der Waals surface area contributed by atoms with Gasteiger partial charge in [-0.1, -0.05) is 0 Å². The lowest BCUT2D eigenvalue weighted by Gasteiger charge is -2.33. The van der Waals surface area contributed by atoms with Gasteiger partial charge in [0.15, 0.2) is 5.96 Å². The van der Waals surface area contributed by atoms with Crippen molar-refractivity contribution in [2.45, 2.75) is 39.0 Å². The molecule has 126 valence electrons. The minimum Gasteiger partial charge on any atom is -0.381 e. The summed E-state index contributed by atoms with van der Waals surface area (Å²) in [5.74, 6) is 4.60. The topological polar surface area (TPSA) is 36.9 Å². The lowest BCUT2D eigenvalue weighted by molar-refractivity contribution is 0.0217. The molecule has 3 fully saturated rings. The fourth-order valence-electron chi connectivity index (χ4n) is 3.90. The van der Waals surface area contributed by atoms with Crippen molar-refractivity contribution in [1.82, 2.24) is 10.2 Å². The smallest absolute Gasteiger partial charge is 0.193 e. The van der Waals surface area contributed by atoms with Gasteiger partial charge in [0.2, 0.25) is 0 Å². The van der Waals surface area contributed by atoms with Crippen LogP contribution in [0.2, 0.25) is 0 Å². The van der Waals surface area contributed by atoms with Crippen LogP contribution in [0.3, 0.4) is 0 Å². The van der Waals surface area contributed by atoms with Gasteiger partial charge in [0.1, 0.15) is 0 Å². The van der Waals surface area contributed by atoms with E-state index in [1.54, 1.807) is 0 Å². The number of likely N-dealkylation sites (tertiary alicyclic amines) is 1. The summed E-state index contributed by atoms with van der Waals surface area (Å²) < 4.78 is 5.56. The summed E-state index contributed by atoms with van der Waals surface area (Å²) in [5, 5.41) is 3.53. The Balaban J connectivity index is 1.58. The molecule has 0 radical (unpaired) electrons. The van der Waals surface area contributed by atoms with Gasteiger partial charge in [-0.15, -0.1) is 0 Å². The van der Waals surface area contributed by atoms with Gasteiger partial charge in [0, 0.05) is 39.4 Å². The molecule has 0 amide bonds. The van der Waals surface area contributed by atoms with Crippen molar-refractivity contribution in [3.63, 3.8) is 0 Å². The molecule has 0 atom stereocenters. The van der Waals surface area contributed by atoms with E-state index in [0.29, 0.717) is 5.41 Å². The minimum atomic E-state index is 0.496. The molecular weight excluding hydrogens is 294 g/mol. The van der Waals surface area contributed by atoms with Gasteiger partial charge in [0.05, 0.1) is 0 Å². The first kappa shape index (κ1) is 16.4. The quantitative estimate of drug-likeness (QED) is 0.639. The molecule has 3 aliphatic heterocycles. The maximum atomic E-state index is 5.56. The molecule has 0 aromatic rings. The van der Waals surface area contributed by atoms with E-state index in [-0.39, 0.29) is 0 Å². The Bertz CT molecular complexity index is 376. The molecule has 22 heavy (non-hydrogen) atoms.